The summed E-state index contributed by atoms with van der Waals surface area (Å²) >= 11 is 12.1. The number of halogens is 2. The molecule has 1 heterocycles. The SMILES string of the molecule is CCN(CCNc1nc(=O)n(Cc2ccc(Cl)c(Cl)c2)c(=O)n1Cc1ccc(OC)cc1)C(=N)N. The molecular weight excluding hydrogens is 493 g/mol. The van der Waals surface area contributed by atoms with Crippen molar-refractivity contribution in [3.63, 3.8) is 0 Å². The first-order valence-electron chi connectivity index (χ1n) is 10.8. The summed E-state index contributed by atoms with van der Waals surface area (Å²) in [5.41, 5.74) is 5.79. The van der Waals surface area contributed by atoms with Crippen LogP contribution in [0.4, 0.5) is 5.95 Å². The highest BCUT2D eigenvalue weighted by atomic mass is 35.5. The molecule has 3 aromatic rings. The molecule has 0 bridgehead atoms. The van der Waals surface area contributed by atoms with Gasteiger partial charge in [-0.05, 0) is 42.3 Å². The fraction of sp³-hybridized carbons (Fsp3) is 0.304. The highest BCUT2D eigenvalue weighted by Gasteiger charge is 2.15. The van der Waals surface area contributed by atoms with Crippen molar-refractivity contribution in [2.45, 2.75) is 20.0 Å². The normalized spacial score (nSPS) is 10.7. The Hall–Kier alpha value is -3.50. The predicted octanol–water partition coefficient (Wildman–Crippen LogP) is 2.44. The zero-order valence-corrected chi connectivity index (χ0v) is 20.9. The summed E-state index contributed by atoms with van der Waals surface area (Å²) in [7, 11) is 1.57. The van der Waals surface area contributed by atoms with E-state index < -0.39 is 11.4 Å². The molecule has 0 aliphatic heterocycles. The van der Waals surface area contributed by atoms with E-state index in [0.29, 0.717) is 41.0 Å². The van der Waals surface area contributed by atoms with Gasteiger partial charge in [-0.15, -0.1) is 0 Å². The minimum Gasteiger partial charge on any atom is -0.497 e. The number of guanidine groups is 1. The standard InChI is InChI=1S/C23H27Cl2N7O3/c1-3-30(20(26)27)11-10-28-21-29-22(33)32(14-16-6-9-18(24)19(25)12-16)23(34)31(21)13-15-4-7-17(35-2)8-5-15/h4-9,12H,3,10-11,13-14H2,1-2H3,(H3,26,27)(H,28,29,33). The molecule has 2 aromatic carbocycles. The van der Waals surface area contributed by atoms with Crippen LogP contribution in [-0.4, -0.2) is 51.7 Å². The fourth-order valence-corrected chi connectivity index (χ4v) is 3.75. The molecule has 0 fully saturated rings. The summed E-state index contributed by atoms with van der Waals surface area (Å²) in [6.07, 6.45) is 0. The van der Waals surface area contributed by atoms with E-state index in [9.17, 15) is 9.59 Å². The monoisotopic (exact) mass is 519 g/mol. The summed E-state index contributed by atoms with van der Waals surface area (Å²) in [5, 5.41) is 11.4. The van der Waals surface area contributed by atoms with Crippen molar-refractivity contribution >= 4 is 35.1 Å². The number of nitrogens with one attached hydrogen (secondary N) is 2. The number of hydrogen-bond donors (Lipinski definition) is 3. The lowest BCUT2D eigenvalue weighted by molar-refractivity contribution is 0.414. The first-order chi connectivity index (χ1) is 16.7. The van der Waals surface area contributed by atoms with Crippen molar-refractivity contribution < 1.29 is 4.74 Å². The molecule has 0 radical (unpaired) electrons. The molecule has 0 unspecified atom stereocenters. The quantitative estimate of drug-likeness (QED) is 0.277. The van der Waals surface area contributed by atoms with Crippen molar-refractivity contribution in [1.82, 2.24) is 19.0 Å². The van der Waals surface area contributed by atoms with Gasteiger partial charge in [0, 0.05) is 19.6 Å². The van der Waals surface area contributed by atoms with Crippen molar-refractivity contribution in [2.75, 3.05) is 32.1 Å². The maximum atomic E-state index is 13.5. The van der Waals surface area contributed by atoms with Gasteiger partial charge in [-0.1, -0.05) is 41.4 Å². The van der Waals surface area contributed by atoms with Crippen LogP contribution in [0.3, 0.4) is 0 Å². The summed E-state index contributed by atoms with van der Waals surface area (Å²) in [4.78, 5) is 32.1. The van der Waals surface area contributed by atoms with Gasteiger partial charge >= 0.3 is 11.4 Å². The molecule has 12 heteroatoms. The number of hydrogen-bond acceptors (Lipinski definition) is 6. The average Bonchev–Trinajstić information content (AvgIpc) is 2.84. The zero-order chi connectivity index (χ0) is 25.5. The third-order valence-electron chi connectivity index (χ3n) is 5.36. The van der Waals surface area contributed by atoms with Crippen LogP contribution >= 0.6 is 23.2 Å². The Labute approximate surface area is 212 Å². The predicted molar refractivity (Wildman–Crippen MR) is 138 cm³/mol. The molecule has 0 amide bonds. The number of methoxy groups -OCH3 is 1. The van der Waals surface area contributed by atoms with E-state index in [1.54, 1.807) is 42.3 Å². The van der Waals surface area contributed by atoms with Crippen LogP contribution < -0.4 is 27.2 Å². The van der Waals surface area contributed by atoms with Gasteiger partial charge in [0.15, 0.2) is 5.96 Å². The molecule has 4 N–H and O–H groups in total. The van der Waals surface area contributed by atoms with Crippen LogP contribution in [0.1, 0.15) is 18.1 Å². The summed E-state index contributed by atoms with van der Waals surface area (Å²) in [6.45, 7) is 3.30. The van der Waals surface area contributed by atoms with E-state index >= 15 is 0 Å². The van der Waals surface area contributed by atoms with Crippen molar-refractivity contribution in [3.8, 4) is 5.75 Å². The number of rotatable bonds is 10. The Bertz CT molecular complexity index is 1310. The van der Waals surface area contributed by atoms with E-state index in [1.807, 2.05) is 19.1 Å². The summed E-state index contributed by atoms with van der Waals surface area (Å²) < 4.78 is 7.64. The van der Waals surface area contributed by atoms with E-state index in [2.05, 4.69) is 10.3 Å². The van der Waals surface area contributed by atoms with Crippen molar-refractivity contribution in [3.05, 3.63) is 84.6 Å². The summed E-state index contributed by atoms with van der Waals surface area (Å²) in [6, 6.07) is 12.2. The highest BCUT2D eigenvalue weighted by molar-refractivity contribution is 6.42. The van der Waals surface area contributed by atoms with Gasteiger partial charge in [-0.3, -0.25) is 9.98 Å². The molecule has 0 aliphatic carbocycles. The number of ether oxygens (including phenoxy) is 1. The van der Waals surface area contributed by atoms with E-state index in [1.165, 1.54) is 4.57 Å². The van der Waals surface area contributed by atoms with Gasteiger partial charge in [0.25, 0.3) is 0 Å². The molecule has 0 aliphatic rings. The van der Waals surface area contributed by atoms with Crippen LogP contribution in [-0.2, 0) is 13.1 Å². The Kier molecular flexibility index (Phi) is 8.78. The highest BCUT2D eigenvalue weighted by Crippen LogP contribution is 2.22. The van der Waals surface area contributed by atoms with Gasteiger partial charge in [-0.2, -0.15) is 4.98 Å². The second-order valence-corrected chi connectivity index (χ2v) is 8.48. The third-order valence-corrected chi connectivity index (χ3v) is 6.10. The molecule has 0 saturated heterocycles. The number of benzene rings is 2. The fourth-order valence-electron chi connectivity index (χ4n) is 3.43. The van der Waals surface area contributed by atoms with Crippen LogP contribution in [0.2, 0.25) is 10.0 Å². The number of aromatic nitrogens is 3. The molecule has 0 saturated carbocycles. The number of anilines is 1. The largest absolute Gasteiger partial charge is 0.497 e. The average molecular weight is 520 g/mol. The summed E-state index contributed by atoms with van der Waals surface area (Å²) in [5.74, 6) is 0.752. The Balaban J connectivity index is 1.97. The first-order valence-corrected chi connectivity index (χ1v) is 11.6. The van der Waals surface area contributed by atoms with E-state index in [0.717, 1.165) is 10.1 Å². The lowest BCUT2D eigenvalue weighted by Gasteiger charge is -2.21. The topological polar surface area (TPSA) is 131 Å². The lowest BCUT2D eigenvalue weighted by Crippen LogP contribution is -2.44. The third kappa shape index (κ3) is 6.55. The maximum Gasteiger partial charge on any atom is 0.355 e. The molecule has 10 nitrogen and oxygen atoms in total. The van der Waals surface area contributed by atoms with Crippen LogP contribution in [0.5, 0.6) is 5.75 Å². The van der Waals surface area contributed by atoms with Crippen LogP contribution in [0.25, 0.3) is 0 Å². The van der Waals surface area contributed by atoms with Crippen molar-refractivity contribution in [2.24, 2.45) is 5.73 Å². The van der Waals surface area contributed by atoms with Gasteiger partial charge in [0.2, 0.25) is 5.95 Å². The molecular formula is C23H27Cl2N7O3. The van der Waals surface area contributed by atoms with E-state index in [4.69, 9.17) is 39.1 Å². The minimum absolute atomic E-state index is 0.0155. The van der Waals surface area contributed by atoms with Crippen molar-refractivity contribution in [1.29, 1.82) is 5.41 Å². The van der Waals surface area contributed by atoms with Crippen LogP contribution in [0.15, 0.2) is 52.1 Å². The number of nitrogens with two attached hydrogens (primary N) is 1. The van der Waals surface area contributed by atoms with Gasteiger partial charge in [0.05, 0.1) is 30.2 Å². The molecule has 35 heavy (non-hydrogen) atoms. The molecule has 0 spiro atoms. The first kappa shape index (κ1) is 26.1. The molecule has 3 rings (SSSR count). The Morgan fingerprint density at radius 2 is 1.74 bits per heavy atom. The number of nitrogens with zero attached hydrogens (tertiary/aromatic N) is 4. The zero-order valence-electron chi connectivity index (χ0n) is 19.4. The maximum absolute atomic E-state index is 13.5. The van der Waals surface area contributed by atoms with Gasteiger partial charge in [0.1, 0.15) is 5.75 Å². The lowest BCUT2D eigenvalue weighted by atomic mass is 10.2. The van der Waals surface area contributed by atoms with Gasteiger partial charge < -0.3 is 20.7 Å². The molecule has 186 valence electrons. The van der Waals surface area contributed by atoms with E-state index in [-0.39, 0.29) is 25.0 Å². The van der Waals surface area contributed by atoms with Gasteiger partial charge in [-0.25, -0.2) is 14.2 Å². The second-order valence-electron chi connectivity index (χ2n) is 7.66. The minimum atomic E-state index is -0.700. The Morgan fingerprint density at radius 3 is 2.34 bits per heavy atom. The second kappa shape index (κ2) is 11.8. The number of likely N-dealkylation sites (N-methyl/N-ethyl adjacent to an activating group) is 1. The molecule has 1 aromatic heterocycles. The van der Waals surface area contributed by atoms with Crippen LogP contribution in [0, 0.1) is 5.41 Å². The Morgan fingerprint density at radius 1 is 1.09 bits per heavy atom. The smallest absolute Gasteiger partial charge is 0.355 e. The molecule has 0 atom stereocenters.